The third-order valence-corrected chi connectivity index (χ3v) is 5.56. The van der Waals surface area contributed by atoms with E-state index in [2.05, 4.69) is 18.3 Å². The van der Waals surface area contributed by atoms with Crippen LogP contribution in [0.1, 0.15) is 63.5 Å². The topological polar surface area (TPSA) is 81.7 Å². The first kappa shape index (κ1) is 28.0. The number of methoxy groups -OCH3 is 1. The van der Waals surface area contributed by atoms with Crippen molar-refractivity contribution in [2.45, 2.75) is 58.9 Å². The monoisotopic (exact) mass is 479 g/mol. The molecule has 0 radical (unpaired) electrons. The maximum Gasteiger partial charge on any atom is 0.334 e. The van der Waals surface area contributed by atoms with Crippen LogP contribution in [0.25, 0.3) is 17.2 Å². The average molecular weight is 480 g/mol. The number of Topliss-reactive ketones (excluding diaryl/α,β-unsaturated/α-hetero) is 1. The van der Waals surface area contributed by atoms with Crippen LogP contribution in [0.4, 0.5) is 0 Å². The zero-order valence-corrected chi connectivity index (χ0v) is 21.1. The molecular formula is C29H37NO5. The van der Waals surface area contributed by atoms with Gasteiger partial charge in [-0.05, 0) is 47.7 Å². The molecule has 0 aliphatic carbocycles. The molecule has 0 bridgehead atoms. The maximum atomic E-state index is 12.1. The van der Waals surface area contributed by atoms with E-state index in [0.717, 1.165) is 35.1 Å². The molecule has 0 saturated heterocycles. The molecule has 188 valence electrons. The second-order valence-corrected chi connectivity index (χ2v) is 8.42. The summed E-state index contributed by atoms with van der Waals surface area (Å²) in [6.07, 6.45) is 6.60. The predicted octanol–water partition coefficient (Wildman–Crippen LogP) is 5.49. The molecule has 0 heterocycles. The van der Waals surface area contributed by atoms with E-state index in [4.69, 9.17) is 9.47 Å². The van der Waals surface area contributed by atoms with Gasteiger partial charge in [-0.15, -0.1) is 0 Å². The number of ketones is 1. The number of carbonyl (C=O) groups is 3. The Morgan fingerprint density at radius 2 is 1.71 bits per heavy atom. The van der Waals surface area contributed by atoms with Crippen molar-refractivity contribution < 1.29 is 23.9 Å². The third kappa shape index (κ3) is 10.3. The van der Waals surface area contributed by atoms with Gasteiger partial charge in [0.15, 0.2) is 0 Å². The van der Waals surface area contributed by atoms with E-state index >= 15 is 0 Å². The molecule has 0 amide bonds. The third-order valence-electron chi connectivity index (χ3n) is 5.56. The van der Waals surface area contributed by atoms with Crippen molar-refractivity contribution in [1.29, 1.82) is 0 Å². The molecule has 0 unspecified atom stereocenters. The summed E-state index contributed by atoms with van der Waals surface area (Å²) in [5, 5.41) is 3.25. The Hall–Kier alpha value is -3.25. The Morgan fingerprint density at radius 1 is 0.943 bits per heavy atom. The van der Waals surface area contributed by atoms with E-state index in [0.29, 0.717) is 19.5 Å². The van der Waals surface area contributed by atoms with Crippen molar-refractivity contribution in [1.82, 2.24) is 5.32 Å². The van der Waals surface area contributed by atoms with E-state index in [1.165, 1.54) is 20.0 Å². The molecule has 0 aromatic heterocycles. The van der Waals surface area contributed by atoms with E-state index in [-0.39, 0.29) is 24.4 Å². The number of esters is 2. The maximum absolute atomic E-state index is 12.1. The zero-order valence-electron chi connectivity index (χ0n) is 21.1. The number of carbonyl (C=O) groups excluding carboxylic acids is 3. The van der Waals surface area contributed by atoms with E-state index < -0.39 is 11.9 Å². The molecule has 2 aromatic rings. The normalized spacial score (nSPS) is 11.2. The summed E-state index contributed by atoms with van der Waals surface area (Å²) in [6.45, 7) is 5.17. The first-order valence-electron chi connectivity index (χ1n) is 12.3. The summed E-state index contributed by atoms with van der Waals surface area (Å²) in [6, 6.07) is 15.9. The lowest BCUT2D eigenvalue weighted by molar-refractivity contribution is -0.145. The molecule has 1 N–H and O–H groups in total. The fourth-order valence-electron chi connectivity index (χ4n) is 3.70. The van der Waals surface area contributed by atoms with Crippen molar-refractivity contribution in [3.05, 3.63) is 65.2 Å². The van der Waals surface area contributed by atoms with Gasteiger partial charge in [0.1, 0.15) is 5.78 Å². The Bertz CT molecular complexity index is 994. The SMILES string of the molecule is CCCCCCC(=O)CNCc1cccc(-c2ccc(C=C(CC(=O)OCC)C(=O)OC)cc2)c1. The highest BCUT2D eigenvalue weighted by Gasteiger charge is 2.15. The molecule has 0 atom stereocenters. The molecule has 0 aliphatic rings. The number of nitrogens with one attached hydrogen (secondary N) is 1. The summed E-state index contributed by atoms with van der Waals surface area (Å²) in [7, 11) is 1.29. The standard InChI is InChI=1S/C29H37NO5/c1-4-6-7-8-12-27(31)21-30-20-23-10-9-11-25(18-23)24-15-13-22(14-16-24)17-26(29(33)34-3)19-28(32)35-5-2/h9-11,13-18,30H,4-8,12,19-21H2,1-3H3. The molecule has 0 aliphatic heterocycles. The van der Waals surface area contributed by atoms with Crippen LogP contribution in [0.3, 0.4) is 0 Å². The summed E-state index contributed by atoms with van der Waals surface area (Å²) in [5.74, 6) is -0.763. The smallest absolute Gasteiger partial charge is 0.334 e. The molecular weight excluding hydrogens is 442 g/mol. The van der Waals surface area contributed by atoms with Gasteiger partial charge in [0.2, 0.25) is 0 Å². The Labute approximate surface area is 208 Å². The minimum Gasteiger partial charge on any atom is -0.466 e. The van der Waals surface area contributed by atoms with Gasteiger partial charge in [0.05, 0.1) is 26.7 Å². The lowest BCUT2D eigenvalue weighted by Gasteiger charge is -2.08. The van der Waals surface area contributed by atoms with Crippen LogP contribution in [0.15, 0.2) is 54.1 Å². The van der Waals surface area contributed by atoms with Crippen LogP contribution < -0.4 is 5.32 Å². The Morgan fingerprint density at radius 3 is 2.40 bits per heavy atom. The average Bonchev–Trinajstić information content (AvgIpc) is 2.86. The summed E-state index contributed by atoms with van der Waals surface area (Å²) in [5.41, 5.74) is 4.22. The van der Waals surface area contributed by atoms with Crippen molar-refractivity contribution in [3.63, 3.8) is 0 Å². The fraction of sp³-hybridized carbons (Fsp3) is 0.414. The highest BCUT2D eigenvalue weighted by Crippen LogP contribution is 2.22. The molecule has 35 heavy (non-hydrogen) atoms. The van der Waals surface area contributed by atoms with Crippen LogP contribution in [-0.4, -0.2) is 38.0 Å². The molecule has 6 heteroatoms. The van der Waals surface area contributed by atoms with Gasteiger partial charge < -0.3 is 14.8 Å². The largest absolute Gasteiger partial charge is 0.466 e. The minimum absolute atomic E-state index is 0.140. The van der Waals surface area contributed by atoms with Gasteiger partial charge >= 0.3 is 11.9 Å². The summed E-state index contributed by atoms with van der Waals surface area (Å²) >= 11 is 0. The van der Waals surface area contributed by atoms with Gasteiger partial charge in [-0.1, -0.05) is 68.7 Å². The lowest BCUT2D eigenvalue weighted by Crippen LogP contribution is -2.22. The quantitative estimate of drug-likeness (QED) is 0.207. The van der Waals surface area contributed by atoms with Crippen molar-refractivity contribution in [2.24, 2.45) is 0 Å². The van der Waals surface area contributed by atoms with Crippen molar-refractivity contribution in [2.75, 3.05) is 20.3 Å². The van der Waals surface area contributed by atoms with Gasteiger partial charge in [0, 0.05) is 18.5 Å². The van der Waals surface area contributed by atoms with E-state index in [9.17, 15) is 14.4 Å². The van der Waals surface area contributed by atoms with E-state index in [1.807, 2.05) is 42.5 Å². The first-order chi connectivity index (χ1) is 17.0. The Balaban J connectivity index is 1.99. The number of ether oxygens (including phenoxy) is 2. The van der Waals surface area contributed by atoms with Crippen LogP contribution in [0, 0.1) is 0 Å². The highest BCUT2D eigenvalue weighted by molar-refractivity contribution is 5.98. The van der Waals surface area contributed by atoms with Gasteiger partial charge in [-0.2, -0.15) is 0 Å². The summed E-state index contributed by atoms with van der Waals surface area (Å²) in [4.78, 5) is 35.9. The van der Waals surface area contributed by atoms with Gasteiger partial charge in [-0.25, -0.2) is 4.79 Å². The molecule has 2 aromatic carbocycles. The van der Waals surface area contributed by atoms with Crippen molar-refractivity contribution in [3.8, 4) is 11.1 Å². The van der Waals surface area contributed by atoms with Gasteiger partial charge in [-0.3, -0.25) is 9.59 Å². The second-order valence-electron chi connectivity index (χ2n) is 8.42. The molecule has 0 spiro atoms. The zero-order chi connectivity index (χ0) is 25.5. The molecule has 0 fully saturated rings. The number of unbranched alkanes of at least 4 members (excludes halogenated alkanes) is 3. The van der Waals surface area contributed by atoms with Gasteiger partial charge in [0.25, 0.3) is 0 Å². The Kier molecular flexibility index (Phi) is 12.5. The van der Waals surface area contributed by atoms with E-state index in [1.54, 1.807) is 13.0 Å². The second kappa shape index (κ2) is 15.6. The van der Waals surface area contributed by atoms with Crippen LogP contribution in [0.2, 0.25) is 0 Å². The van der Waals surface area contributed by atoms with Crippen LogP contribution in [-0.2, 0) is 30.4 Å². The molecule has 2 rings (SSSR count). The first-order valence-corrected chi connectivity index (χ1v) is 12.3. The number of hydrogen-bond acceptors (Lipinski definition) is 6. The highest BCUT2D eigenvalue weighted by atomic mass is 16.5. The number of rotatable bonds is 15. The lowest BCUT2D eigenvalue weighted by atomic mass is 10.0. The molecule has 0 saturated carbocycles. The predicted molar refractivity (Wildman–Crippen MR) is 139 cm³/mol. The fourth-order valence-corrected chi connectivity index (χ4v) is 3.70. The minimum atomic E-state index is -0.554. The van der Waals surface area contributed by atoms with Crippen LogP contribution >= 0.6 is 0 Å². The number of hydrogen-bond donors (Lipinski definition) is 1. The van der Waals surface area contributed by atoms with Crippen LogP contribution in [0.5, 0.6) is 0 Å². The number of benzene rings is 2. The summed E-state index contributed by atoms with van der Waals surface area (Å²) < 4.78 is 9.75. The van der Waals surface area contributed by atoms with Crippen molar-refractivity contribution >= 4 is 23.8 Å². The molecule has 6 nitrogen and oxygen atoms in total.